The highest BCUT2D eigenvalue weighted by atomic mass is 35.5. The summed E-state index contributed by atoms with van der Waals surface area (Å²) in [5.41, 5.74) is 2.54. The predicted molar refractivity (Wildman–Crippen MR) is 93.2 cm³/mol. The fourth-order valence-electron chi connectivity index (χ4n) is 3.61. The van der Waals surface area contributed by atoms with E-state index in [0.29, 0.717) is 6.04 Å². The van der Waals surface area contributed by atoms with Gasteiger partial charge in [-0.2, -0.15) is 0 Å². The molecule has 2 heteroatoms. The highest BCUT2D eigenvalue weighted by molar-refractivity contribution is 6.31. The van der Waals surface area contributed by atoms with Crippen LogP contribution in [-0.2, 0) is 6.42 Å². The summed E-state index contributed by atoms with van der Waals surface area (Å²) in [7, 11) is 0. The zero-order valence-electron chi connectivity index (χ0n) is 13.6. The minimum atomic E-state index is 0.568. The van der Waals surface area contributed by atoms with Gasteiger partial charge in [-0.05, 0) is 49.4 Å². The molecule has 1 fully saturated rings. The van der Waals surface area contributed by atoms with Gasteiger partial charge in [0.2, 0.25) is 0 Å². The second kappa shape index (κ2) is 8.80. The lowest BCUT2D eigenvalue weighted by Crippen LogP contribution is -2.33. The Bertz CT molecular complexity index is 422. The van der Waals surface area contributed by atoms with Gasteiger partial charge in [0.15, 0.2) is 0 Å². The average Bonchev–Trinajstić information content (AvgIpc) is 2.71. The largest absolute Gasteiger partial charge is 0.314 e. The Morgan fingerprint density at radius 2 is 1.90 bits per heavy atom. The number of hydrogen-bond donors (Lipinski definition) is 1. The van der Waals surface area contributed by atoms with Crippen molar-refractivity contribution in [3.8, 4) is 0 Å². The van der Waals surface area contributed by atoms with Crippen LogP contribution in [-0.4, -0.2) is 12.6 Å². The summed E-state index contributed by atoms with van der Waals surface area (Å²) >= 11 is 6.41. The molecule has 0 aliphatic heterocycles. The molecule has 0 bridgehead atoms. The van der Waals surface area contributed by atoms with Crippen molar-refractivity contribution in [1.29, 1.82) is 0 Å². The molecular formula is C19H30ClN. The summed E-state index contributed by atoms with van der Waals surface area (Å²) in [4.78, 5) is 0. The van der Waals surface area contributed by atoms with Crippen LogP contribution in [0.3, 0.4) is 0 Å². The summed E-state index contributed by atoms with van der Waals surface area (Å²) in [6.45, 7) is 5.35. The maximum atomic E-state index is 6.41. The highest BCUT2D eigenvalue weighted by Gasteiger charge is 2.18. The molecule has 1 N–H and O–H groups in total. The van der Waals surface area contributed by atoms with E-state index in [1.807, 2.05) is 0 Å². The van der Waals surface area contributed by atoms with E-state index in [9.17, 15) is 0 Å². The number of likely N-dealkylation sites (N-methyl/N-ethyl adjacent to an activating group) is 1. The second-order valence-corrected chi connectivity index (χ2v) is 7.05. The Balaban J connectivity index is 1.97. The normalized spacial score (nSPS) is 18.4. The van der Waals surface area contributed by atoms with Crippen LogP contribution in [0.25, 0.3) is 0 Å². The minimum Gasteiger partial charge on any atom is -0.314 e. The molecule has 1 aliphatic carbocycles. The van der Waals surface area contributed by atoms with Crippen LogP contribution in [0.2, 0.25) is 5.02 Å². The number of aryl methyl sites for hydroxylation is 1. The molecule has 118 valence electrons. The first kappa shape index (κ1) is 16.8. The Hall–Kier alpha value is -0.530. The van der Waals surface area contributed by atoms with E-state index in [0.717, 1.165) is 23.9 Å². The molecule has 1 aromatic rings. The van der Waals surface area contributed by atoms with E-state index >= 15 is 0 Å². The van der Waals surface area contributed by atoms with Crippen molar-refractivity contribution in [3.05, 3.63) is 34.3 Å². The van der Waals surface area contributed by atoms with Crippen LogP contribution < -0.4 is 5.32 Å². The van der Waals surface area contributed by atoms with Gasteiger partial charge in [0.05, 0.1) is 0 Å². The van der Waals surface area contributed by atoms with Crippen LogP contribution >= 0.6 is 11.6 Å². The van der Waals surface area contributed by atoms with Gasteiger partial charge in [0.25, 0.3) is 0 Å². The van der Waals surface area contributed by atoms with E-state index in [4.69, 9.17) is 11.6 Å². The third-order valence-electron chi connectivity index (χ3n) is 4.76. The maximum absolute atomic E-state index is 6.41. The van der Waals surface area contributed by atoms with E-state index in [1.54, 1.807) is 0 Å². The SMILES string of the molecule is CCNC(Cc1ccc(C)cc1Cl)CC1CCCCCC1. The first-order chi connectivity index (χ1) is 10.2. The van der Waals surface area contributed by atoms with Crippen LogP contribution in [0, 0.1) is 12.8 Å². The highest BCUT2D eigenvalue weighted by Crippen LogP contribution is 2.28. The number of hydrogen-bond acceptors (Lipinski definition) is 1. The minimum absolute atomic E-state index is 0.568. The fourth-order valence-corrected chi connectivity index (χ4v) is 3.93. The molecule has 1 nitrogen and oxygen atoms in total. The van der Waals surface area contributed by atoms with Crippen molar-refractivity contribution in [3.63, 3.8) is 0 Å². The van der Waals surface area contributed by atoms with Gasteiger partial charge >= 0.3 is 0 Å². The van der Waals surface area contributed by atoms with Crippen molar-refractivity contribution < 1.29 is 0 Å². The second-order valence-electron chi connectivity index (χ2n) is 6.65. The van der Waals surface area contributed by atoms with Crippen molar-refractivity contribution >= 4 is 11.6 Å². The summed E-state index contributed by atoms with van der Waals surface area (Å²) in [6, 6.07) is 7.04. The lowest BCUT2D eigenvalue weighted by atomic mass is 9.89. The van der Waals surface area contributed by atoms with Gasteiger partial charge in [-0.15, -0.1) is 0 Å². The monoisotopic (exact) mass is 307 g/mol. The van der Waals surface area contributed by atoms with Gasteiger partial charge in [0, 0.05) is 11.1 Å². The molecule has 0 spiro atoms. The molecule has 2 rings (SSSR count). The molecule has 1 atom stereocenters. The average molecular weight is 308 g/mol. The van der Waals surface area contributed by atoms with Crippen LogP contribution in [0.4, 0.5) is 0 Å². The fraction of sp³-hybridized carbons (Fsp3) is 0.684. The Labute approximate surface area is 135 Å². The molecule has 21 heavy (non-hydrogen) atoms. The maximum Gasteiger partial charge on any atom is 0.0441 e. The number of benzene rings is 1. The lowest BCUT2D eigenvalue weighted by Gasteiger charge is -2.24. The van der Waals surface area contributed by atoms with Crippen LogP contribution in [0.1, 0.15) is 63.0 Å². The predicted octanol–water partition coefficient (Wildman–Crippen LogP) is 5.53. The third-order valence-corrected chi connectivity index (χ3v) is 5.11. The van der Waals surface area contributed by atoms with Gasteiger partial charge in [0.1, 0.15) is 0 Å². The third kappa shape index (κ3) is 5.64. The van der Waals surface area contributed by atoms with Crippen molar-refractivity contribution in [2.75, 3.05) is 6.54 Å². The van der Waals surface area contributed by atoms with Crippen LogP contribution in [0.5, 0.6) is 0 Å². The standard InChI is InChI=1S/C19H30ClN/c1-3-21-18(13-16-8-6-4-5-7-9-16)14-17-11-10-15(2)12-19(17)20/h10-12,16,18,21H,3-9,13-14H2,1-2H3. The molecule has 0 amide bonds. The number of halogens is 1. The van der Waals surface area contributed by atoms with E-state index in [-0.39, 0.29) is 0 Å². The molecule has 0 saturated heterocycles. The van der Waals surface area contributed by atoms with Crippen molar-refractivity contribution in [1.82, 2.24) is 5.32 Å². The van der Waals surface area contributed by atoms with Crippen molar-refractivity contribution in [2.45, 2.75) is 71.3 Å². The number of nitrogens with one attached hydrogen (secondary N) is 1. The Morgan fingerprint density at radius 3 is 2.52 bits per heavy atom. The molecule has 1 saturated carbocycles. The Kier molecular flexibility index (Phi) is 7.06. The van der Waals surface area contributed by atoms with Gasteiger partial charge in [-0.25, -0.2) is 0 Å². The zero-order chi connectivity index (χ0) is 15.1. The Morgan fingerprint density at radius 1 is 1.19 bits per heavy atom. The quantitative estimate of drug-likeness (QED) is 0.681. The van der Waals surface area contributed by atoms with E-state index < -0.39 is 0 Å². The van der Waals surface area contributed by atoms with Crippen molar-refractivity contribution in [2.24, 2.45) is 5.92 Å². The summed E-state index contributed by atoms with van der Waals surface area (Å²) in [6.07, 6.45) is 10.9. The molecule has 0 heterocycles. The molecule has 0 radical (unpaired) electrons. The molecule has 1 aromatic carbocycles. The smallest absolute Gasteiger partial charge is 0.0441 e. The summed E-state index contributed by atoms with van der Waals surface area (Å²) < 4.78 is 0. The lowest BCUT2D eigenvalue weighted by molar-refractivity contribution is 0.353. The first-order valence-corrected chi connectivity index (χ1v) is 9.05. The summed E-state index contributed by atoms with van der Waals surface area (Å²) in [5, 5.41) is 4.61. The summed E-state index contributed by atoms with van der Waals surface area (Å²) in [5.74, 6) is 0.903. The van der Waals surface area contributed by atoms with Gasteiger partial charge < -0.3 is 5.32 Å². The van der Waals surface area contributed by atoms with Gasteiger partial charge in [-0.3, -0.25) is 0 Å². The number of rotatable bonds is 6. The molecule has 1 unspecified atom stereocenters. The first-order valence-electron chi connectivity index (χ1n) is 8.67. The topological polar surface area (TPSA) is 12.0 Å². The zero-order valence-corrected chi connectivity index (χ0v) is 14.4. The molecular weight excluding hydrogens is 278 g/mol. The van der Waals surface area contributed by atoms with E-state index in [2.05, 4.69) is 37.4 Å². The van der Waals surface area contributed by atoms with Crippen LogP contribution in [0.15, 0.2) is 18.2 Å². The molecule has 0 aromatic heterocycles. The van der Waals surface area contributed by atoms with E-state index in [1.165, 1.54) is 56.1 Å². The van der Waals surface area contributed by atoms with Gasteiger partial charge in [-0.1, -0.05) is 69.2 Å². The molecule has 1 aliphatic rings.